The molecular weight excluding hydrogens is 181 g/mol. The fourth-order valence-electron chi connectivity index (χ4n) is 0.863. The van der Waals surface area contributed by atoms with Gasteiger partial charge in [0.25, 0.3) is 10.0 Å². The van der Waals surface area contributed by atoms with E-state index in [9.17, 15) is 12.8 Å². The molecule has 1 rings (SSSR count). The van der Waals surface area contributed by atoms with Gasteiger partial charge in [0.2, 0.25) is 0 Å². The summed E-state index contributed by atoms with van der Waals surface area (Å²) in [5.74, 6) is -0.647. The van der Waals surface area contributed by atoms with Gasteiger partial charge in [-0.3, -0.25) is 0 Å². The molecule has 1 aromatic carbocycles. The molecule has 0 atom stereocenters. The first-order chi connectivity index (χ1) is 5.41. The zero-order chi connectivity index (χ0) is 9.35. The highest BCUT2D eigenvalue weighted by atomic mass is 32.2. The fraction of sp³-hybridized carbons (Fsp3) is 0.143. The van der Waals surface area contributed by atoms with Crippen LogP contribution in [0, 0.1) is 12.7 Å². The Morgan fingerprint density at radius 2 is 2.00 bits per heavy atom. The van der Waals surface area contributed by atoms with Gasteiger partial charge in [0.1, 0.15) is 5.82 Å². The van der Waals surface area contributed by atoms with Gasteiger partial charge in [-0.25, -0.2) is 12.8 Å². The molecule has 5 heteroatoms. The summed E-state index contributed by atoms with van der Waals surface area (Å²) in [6, 6.07) is 3.33. The van der Waals surface area contributed by atoms with E-state index in [4.69, 9.17) is 5.14 Å². The number of rotatable bonds is 1. The third-order valence-corrected chi connectivity index (χ3v) is 2.46. The van der Waals surface area contributed by atoms with Crippen LogP contribution in [0.25, 0.3) is 0 Å². The first-order valence-electron chi connectivity index (χ1n) is 3.17. The summed E-state index contributed by atoms with van der Waals surface area (Å²) in [6.07, 6.45) is 0. The molecule has 0 aliphatic heterocycles. The van der Waals surface area contributed by atoms with Crippen molar-refractivity contribution in [2.24, 2.45) is 0 Å². The zero-order valence-corrected chi connectivity index (χ0v) is 7.15. The lowest BCUT2D eigenvalue weighted by Crippen LogP contribution is -2.03. The molecule has 1 radical (unpaired) electrons. The van der Waals surface area contributed by atoms with Crippen LogP contribution in [0.1, 0.15) is 5.56 Å². The number of aryl methyl sites for hydroxylation is 1. The maximum absolute atomic E-state index is 12.5. The predicted molar refractivity (Wildman–Crippen MR) is 41.4 cm³/mol. The number of hydrogen-bond acceptors (Lipinski definition) is 2. The largest absolute Gasteiger partial charge is 0.254 e. The number of halogens is 1. The molecule has 1 N–H and O–H groups in total. The molecular formula is C7H7FNO2S. The lowest BCUT2D eigenvalue weighted by molar-refractivity contribution is 0.590. The van der Waals surface area contributed by atoms with Crippen molar-refractivity contribution in [2.75, 3.05) is 0 Å². The van der Waals surface area contributed by atoms with Crippen LogP contribution in [0.15, 0.2) is 23.1 Å². The average Bonchev–Trinajstić information content (AvgIpc) is 1.92. The van der Waals surface area contributed by atoms with Gasteiger partial charge in [-0.1, -0.05) is 6.07 Å². The second-order valence-electron chi connectivity index (χ2n) is 2.41. The molecule has 0 unspecified atom stereocenters. The highest BCUT2D eigenvalue weighted by molar-refractivity contribution is 7.88. The Kier molecular flexibility index (Phi) is 2.16. The first kappa shape index (κ1) is 9.15. The van der Waals surface area contributed by atoms with E-state index in [1.165, 1.54) is 13.0 Å². The Bertz CT molecular complexity index is 400. The van der Waals surface area contributed by atoms with Crippen LogP contribution in [0.2, 0.25) is 0 Å². The molecule has 3 nitrogen and oxygen atoms in total. The third-order valence-electron chi connectivity index (χ3n) is 1.44. The third kappa shape index (κ3) is 1.80. The van der Waals surface area contributed by atoms with E-state index < -0.39 is 15.8 Å². The molecule has 0 aromatic heterocycles. The van der Waals surface area contributed by atoms with Crippen molar-refractivity contribution in [1.82, 2.24) is 5.14 Å². The number of benzene rings is 1. The lowest BCUT2D eigenvalue weighted by atomic mass is 10.2. The van der Waals surface area contributed by atoms with Crippen LogP contribution >= 0.6 is 0 Å². The normalized spacial score (nSPS) is 11.6. The zero-order valence-electron chi connectivity index (χ0n) is 6.33. The molecule has 12 heavy (non-hydrogen) atoms. The van der Waals surface area contributed by atoms with E-state index in [1.54, 1.807) is 0 Å². The lowest BCUT2D eigenvalue weighted by Gasteiger charge is -2.00. The minimum Gasteiger partial charge on any atom is -0.207 e. The van der Waals surface area contributed by atoms with Crippen molar-refractivity contribution in [3.63, 3.8) is 0 Å². The predicted octanol–water partition coefficient (Wildman–Crippen LogP) is 1.11. The van der Waals surface area contributed by atoms with E-state index in [0.29, 0.717) is 5.56 Å². The molecule has 0 fully saturated rings. The second kappa shape index (κ2) is 2.84. The molecule has 1 aromatic rings. The number of sulfonamides is 1. The summed E-state index contributed by atoms with van der Waals surface area (Å²) in [6.45, 7) is 1.51. The highest BCUT2D eigenvalue weighted by Crippen LogP contribution is 2.14. The van der Waals surface area contributed by atoms with Gasteiger partial charge in [-0.2, -0.15) is 0 Å². The summed E-state index contributed by atoms with van der Waals surface area (Å²) < 4.78 is 33.9. The monoisotopic (exact) mass is 188 g/mol. The molecule has 0 heterocycles. The van der Waals surface area contributed by atoms with Crippen LogP contribution in [-0.4, -0.2) is 8.42 Å². The summed E-state index contributed by atoms with van der Waals surface area (Å²) in [5.41, 5.74) is 0.381. The SMILES string of the molecule is Cc1ccc(F)cc1S([NH])(=O)=O. The van der Waals surface area contributed by atoms with Gasteiger partial charge in [-0.15, -0.1) is 5.14 Å². The van der Waals surface area contributed by atoms with E-state index in [1.807, 2.05) is 0 Å². The van der Waals surface area contributed by atoms with Crippen molar-refractivity contribution in [3.8, 4) is 0 Å². The van der Waals surface area contributed by atoms with E-state index in [0.717, 1.165) is 12.1 Å². The topological polar surface area (TPSA) is 57.9 Å². The first-order valence-corrected chi connectivity index (χ1v) is 4.65. The fourth-order valence-corrected chi connectivity index (χ4v) is 1.62. The molecule has 0 saturated carbocycles. The standard InChI is InChI=1S/C7H7FNO2S/c1-5-2-3-6(8)4-7(5)12(9,10)11/h2-4,9H,1H3. The van der Waals surface area contributed by atoms with Crippen LogP contribution in [0.5, 0.6) is 0 Å². The van der Waals surface area contributed by atoms with Gasteiger partial charge in [0, 0.05) is 0 Å². The second-order valence-corrected chi connectivity index (χ2v) is 3.86. The maximum Gasteiger partial charge on any atom is 0.254 e. The highest BCUT2D eigenvalue weighted by Gasteiger charge is 2.12. The molecule has 0 bridgehead atoms. The van der Waals surface area contributed by atoms with E-state index in [-0.39, 0.29) is 4.90 Å². The summed E-state index contributed by atoms with van der Waals surface area (Å²) >= 11 is 0. The van der Waals surface area contributed by atoms with Crippen LogP contribution in [-0.2, 0) is 10.0 Å². The molecule has 65 valence electrons. The van der Waals surface area contributed by atoms with Crippen LogP contribution < -0.4 is 5.14 Å². The Morgan fingerprint density at radius 3 is 2.42 bits per heavy atom. The maximum atomic E-state index is 12.5. The van der Waals surface area contributed by atoms with E-state index in [2.05, 4.69) is 0 Å². The van der Waals surface area contributed by atoms with Crippen molar-refractivity contribution >= 4 is 10.0 Å². The Balaban J connectivity index is 3.43. The van der Waals surface area contributed by atoms with Gasteiger partial charge in [-0.05, 0) is 24.6 Å². The number of hydrogen-bond donors (Lipinski definition) is 0. The van der Waals surface area contributed by atoms with Gasteiger partial charge >= 0.3 is 0 Å². The molecule has 0 spiro atoms. The smallest absolute Gasteiger partial charge is 0.207 e. The quantitative estimate of drug-likeness (QED) is 0.662. The summed E-state index contributed by atoms with van der Waals surface area (Å²) in [4.78, 5) is -0.275. The molecule has 0 saturated heterocycles. The van der Waals surface area contributed by atoms with Gasteiger partial charge in [0.15, 0.2) is 0 Å². The van der Waals surface area contributed by atoms with Crippen LogP contribution in [0.3, 0.4) is 0 Å². The van der Waals surface area contributed by atoms with Crippen molar-refractivity contribution in [2.45, 2.75) is 11.8 Å². The van der Waals surface area contributed by atoms with Crippen molar-refractivity contribution in [1.29, 1.82) is 0 Å². The van der Waals surface area contributed by atoms with Crippen LogP contribution in [0.4, 0.5) is 4.39 Å². The minimum absolute atomic E-state index is 0.275. The van der Waals surface area contributed by atoms with Gasteiger partial charge in [0.05, 0.1) is 4.90 Å². The Labute approximate surface area is 70.1 Å². The van der Waals surface area contributed by atoms with Gasteiger partial charge < -0.3 is 0 Å². The Hall–Kier alpha value is -0.940. The summed E-state index contributed by atoms with van der Waals surface area (Å²) in [5, 5.41) is 6.72. The minimum atomic E-state index is -4.05. The van der Waals surface area contributed by atoms with Crippen molar-refractivity contribution < 1.29 is 12.8 Å². The summed E-state index contributed by atoms with van der Waals surface area (Å²) in [7, 11) is -4.05. The van der Waals surface area contributed by atoms with E-state index >= 15 is 0 Å². The molecule has 0 amide bonds. The van der Waals surface area contributed by atoms with Crippen molar-refractivity contribution in [3.05, 3.63) is 29.6 Å². The molecule has 0 aliphatic rings. The Morgan fingerprint density at radius 1 is 1.42 bits per heavy atom. The average molecular weight is 188 g/mol. The molecule has 0 aliphatic carbocycles. The number of nitrogens with one attached hydrogen (secondary N) is 1.